The van der Waals surface area contributed by atoms with Crippen molar-refractivity contribution < 1.29 is 22.7 Å². The second-order valence-electron chi connectivity index (χ2n) is 6.31. The zero-order valence-corrected chi connectivity index (χ0v) is 15.8. The van der Waals surface area contributed by atoms with E-state index in [1.807, 2.05) is 12.1 Å². The summed E-state index contributed by atoms with van der Waals surface area (Å²) in [5, 5.41) is 6.44. The van der Waals surface area contributed by atoms with Crippen LogP contribution >= 0.6 is 0 Å². The van der Waals surface area contributed by atoms with Crippen molar-refractivity contribution in [1.82, 2.24) is 20.1 Å². The Morgan fingerprint density at radius 2 is 1.90 bits per heavy atom. The number of nitrogens with one attached hydrogen (secondary N) is 1. The standard InChI is InChI=1S/C20H19F3N4O2/c1-13(28)24-10-9-14-3-5-15(6-4-14)17-11-18(20(21,22)23)26-27(17)16-7-8-19(29-2)25-12-16/h3-8,11-12H,9-10H2,1-2H3,(H,24,28). The van der Waals surface area contributed by atoms with Crippen LogP contribution in [-0.2, 0) is 17.4 Å². The summed E-state index contributed by atoms with van der Waals surface area (Å²) in [6, 6.07) is 11.2. The van der Waals surface area contributed by atoms with Crippen LogP contribution in [0.4, 0.5) is 13.2 Å². The quantitative estimate of drug-likeness (QED) is 0.681. The number of pyridine rings is 1. The summed E-state index contributed by atoms with van der Waals surface area (Å²) in [4.78, 5) is 15.0. The number of alkyl halides is 3. The highest BCUT2D eigenvalue weighted by Crippen LogP contribution is 2.33. The lowest BCUT2D eigenvalue weighted by molar-refractivity contribution is -0.141. The molecule has 0 saturated carbocycles. The molecular formula is C20H19F3N4O2. The van der Waals surface area contributed by atoms with Gasteiger partial charge in [0, 0.05) is 25.1 Å². The predicted molar refractivity (Wildman–Crippen MR) is 101 cm³/mol. The average Bonchev–Trinajstić information content (AvgIpc) is 3.14. The smallest absolute Gasteiger partial charge is 0.435 e. The second-order valence-corrected chi connectivity index (χ2v) is 6.31. The number of ether oxygens (including phenoxy) is 1. The number of hydrogen-bond donors (Lipinski definition) is 1. The molecule has 6 nitrogen and oxygen atoms in total. The van der Waals surface area contributed by atoms with Gasteiger partial charge in [-0.1, -0.05) is 24.3 Å². The Labute approximate surface area is 165 Å². The summed E-state index contributed by atoms with van der Waals surface area (Å²) in [5.41, 5.74) is 1.21. The Hall–Kier alpha value is -3.36. The minimum absolute atomic E-state index is 0.113. The SMILES string of the molecule is COc1ccc(-n2nc(C(F)(F)F)cc2-c2ccc(CCNC(C)=O)cc2)cn1. The van der Waals surface area contributed by atoms with Crippen LogP contribution < -0.4 is 10.1 Å². The van der Waals surface area contributed by atoms with E-state index >= 15 is 0 Å². The molecule has 0 spiro atoms. The van der Waals surface area contributed by atoms with E-state index < -0.39 is 11.9 Å². The Kier molecular flexibility index (Phi) is 5.86. The molecule has 3 aromatic rings. The van der Waals surface area contributed by atoms with Gasteiger partial charge in [-0.2, -0.15) is 18.3 Å². The molecule has 152 valence electrons. The highest BCUT2D eigenvalue weighted by molar-refractivity contribution is 5.72. The molecule has 1 N–H and O–H groups in total. The molecule has 1 aromatic carbocycles. The van der Waals surface area contributed by atoms with E-state index in [1.165, 1.54) is 24.9 Å². The maximum atomic E-state index is 13.3. The van der Waals surface area contributed by atoms with E-state index in [0.717, 1.165) is 11.6 Å². The molecule has 0 aliphatic heterocycles. The Morgan fingerprint density at radius 3 is 2.45 bits per heavy atom. The highest BCUT2D eigenvalue weighted by Gasteiger charge is 2.35. The summed E-state index contributed by atoms with van der Waals surface area (Å²) in [6.07, 6.45) is -2.55. The van der Waals surface area contributed by atoms with E-state index in [2.05, 4.69) is 15.4 Å². The van der Waals surface area contributed by atoms with Gasteiger partial charge in [0.2, 0.25) is 11.8 Å². The number of hydrogen-bond acceptors (Lipinski definition) is 4. The first-order valence-electron chi connectivity index (χ1n) is 8.79. The Morgan fingerprint density at radius 1 is 1.17 bits per heavy atom. The molecule has 0 radical (unpaired) electrons. The monoisotopic (exact) mass is 404 g/mol. The molecule has 29 heavy (non-hydrogen) atoms. The molecule has 2 aromatic heterocycles. The lowest BCUT2D eigenvalue weighted by Gasteiger charge is -2.09. The zero-order valence-electron chi connectivity index (χ0n) is 15.8. The van der Waals surface area contributed by atoms with E-state index in [1.54, 1.807) is 24.3 Å². The number of rotatable bonds is 6. The molecule has 9 heteroatoms. The lowest BCUT2D eigenvalue weighted by Crippen LogP contribution is -2.22. The summed E-state index contributed by atoms with van der Waals surface area (Å²) in [7, 11) is 1.45. The van der Waals surface area contributed by atoms with Crippen molar-refractivity contribution in [1.29, 1.82) is 0 Å². The van der Waals surface area contributed by atoms with Crippen molar-refractivity contribution in [2.24, 2.45) is 0 Å². The molecular weight excluding hydrogens is 385 g/mol. The number of carbonyl (C=O) groups excluding carboxylic acids is 1. The van der Waals surface area contributed by atoms with Crippen LogP contribution in [0.15, 0.2) is 48.7 Å². The molecule has 0 aliphatic carbocycles. The van der Waals surface area contributed by atoms with Crippen molar-refractivity contribution in [3.05, 3.63) is 59.9 Å². The maximum absolute atomic E-state index is 13.3. The first kappa shape index (κ1) is 20.4. The fourth-order valence-corrected chi connectivity index (χ4v) is 2.77. The molecule has 0 unspecified atom stereocenters. The van der Waals surface area contributed by atoms with Crippen LogP contribution in [0.5, 0.6) is 5.88 Å². The molecule has 0 saturated heterocycles. The van der Waals surface area contributed by atoms with Gasteiger partial charge in [-0.25, -0.2) is 9.67 Å². The summed E-state index contributed by atoms with van der Waals surface area (Å²) >= 11 is 0. The number of nitrogens with zero attached hydrogens (tertiary/aromatic N) is 3. The Balaban J connectivity index is 1.94. The van der Waals surface area contributed by atoms with E-state index in [9.17, 15) is 18.0 Å². The lowest BCUT2D eigenvalue weighted by atomic mass is 10.1. The number of methoxy groups -OCH3 is 1. The van der Waals surface area contributed by atoms with Crippen molar-refractivity contribution in [2.75, 3.05) is 13.7 Å². The van der Waals surface area contributed by atoms with Crippen LogP contribution in [0.3, 0.4) is 0 Å². The van der Waals surface area contributed by atoms with Crippen LogP contribution in [0, 0.1) is 0 Å². The summed E-state index contributed by atoms with van der Waals surface area (Å²) in [5.74, 6) is 0.236. The van der Waals surface area contributed by atoms with E-state index in [-0.39, 0.29) is 11.6 Å². The molecule has 0 fully saturated rings. The van der Waals surface area contributed by atoms with Gasteiger partial charge in [-0.3, -0.25) is 4.79 Å². The van der Waals surface area contributed by atoms with Crippen LogP contribution in [0.25, 0.3) is 16.9 Å². The largest absolute Gasteiger partial charge is 0.481 e. The van der Waals surface area contributed by atoms with Gasteiger partial charge < -0.3 is 10.1 Å². The molecule has 3 rings (SSSR count). The normalized spacial score (nSPS) is 11.3. The maximum Gasteiger partial charge on any atom is 0.435 e. The Bertz CT molecular complexity index is 980. The third-order valence-corrected chi connectivity index (χ3v) is 4.21. The molecule has 1 amide bonds. The first-order chi connectivity index (χ1) is 13.8. The van der Waals surface area contributed by atoms with Crippen molar-refractivity contribution >= 4 is 5.91 Å². The summed E-state index contributed by atoms with van der Waals surface area (Å²) < 4.78 is 46.0. The van der Waals surface area contributed by atoms with Crippen LogP contribution in [0.2, 0.25) is 0 Å². The van der Waals surface area contributed by atoms with Crippen molar-refractivity contribution in [3.63, 3.8) is 0 Å². The van der Waals surface area contributed by atoms with E-state index in [4.69, 9.17) is 4.74 Å². The third-order valence-electron chi connectivity index (χ3n) is 4.21. The third kappa shape index (κ3) is 4.92. The summed E-state index contributed by atoms with van der Waals surface area (Å²) in [6.45, 7) is 1.93. The van der Waals surface area contributed by atoms with Gasteiger partial charge in [0.15, 0.2) is 5.69 Å². The topological polar surface area (TPSA) is 69.0 Å². The van der Waals surface area contributed by atoms with Crippen LogP contribution in [-0.4, -0.2) is 34.3 Å². The predicted octanol–water partition coefficient (Wildman–Crippen LogP) is 3.64. The van der Waals surface area contributed by atoms with Crippen molar-refractivity contribution in [3.8, 4) is 22.8 Å². The van der Waals surface area contributed by atoms with Gasteiger partial charge in [0.25, 0.3) is 0 Å². The van der Waals surface area contributed by atoms with Gasteiger partial charge in [0.1, 0.15) is 0 Å². The molecule has 0 bridgehead atoms. The van der Waals surface area contributed by atoms with Crippen LogP contribution in [0.1, 0.15) is 18.2 Å². The number of benzene rings is 1. The van der Waals surface area contributed by atoms with Crippen molar-refractivity contribution in [2.45, 2.75) is 19.5 Å². The number of aromatic nitrogens is 3. The minimum atomic E-state index is -4.57. The average molecular weight is 404 g/mol. The fourth-order valence-electron chi connectivity index (χ4n) is 2.77. The van der Waals surface area contributed by atoms with Gasteiger partial charge in [-0.15, -0.1) is 0 Å². The number of amides is 1. The second kappa shape index (κ2) is 8.34. The zero-order chi connectivity index (χ0) is 21.0. The minimum Gasteiger partial charge on any atom is -0.481 e. The molecule has 0 atom stereocenters. The van der Waals surface area contributed by atoms with Gasteiger partial charge >= 0.3 is 6.18 Å². The van der Waals surface area contributed by atoms with Gasteiger partial charge in [-0.05, 0) is 24.1 Å². The van der Waals surface area contributed by atoms with E-state index in [0.29, 0.717) is 30.1 Å². The number of carbonyl (C=O) groups is 1. The molecule has 2 heterocycles. The fraction of sp³-hybridized carbons (Fsp3) is 0.250. The first-order valence-corrected chi connectivity index (χ1v) is 8.79. The van der Waals surface area contributed by atoms with Gasteiger partial charge in [0.05, 0.1) is 24.7 Å². The highest BCUT2D eigenvalue weighted by atomic mass is 19.4. The molecule has 0 aliphatic rings. The number of halogens is 3.